The molecule has 0 saturated carbocycles. The van der Waals surface area contributed by atoms with E-state index in [0.717, 1.165) is 25.9 Å². The third kappa shape index (κ3) is 4.14. The Hall–Kier alpha value is 0.01000. The van der Waals surface area contributed by atoms with Crippen molar-refractivity contribution >= 4 is 30.7 Å². The zero-order valence-corrected chi connectivity index (χ0v) is 8.79. The van der Waals surface area contributed by atoms with Gasteiger partial charge in [-0.3, -0.25) is 4.79 Å². The Morgan fingerprint density at radius 1 is 1.33 bits per heavy atom. The molecule has 3 nitrogen and oxygen atoms in total. The van der Waals surface area contributed by atoms with E-state index in [1.165, 1.54) is 0 Å². The van der Waals surface area contributed by atoms with Crippen LogP contribution < -0.4 is 5.73 Å². The van der Waals surface area contributed by atoms with Crippen molar-refractivity contribution in [2.45, 2.75) is 25.8 Å². The third-order valence-electron chi connectivity index (χ3n) is 1.98. The molecule has 0 aromatic rings. The van der Waals surface area contributed by atoms with E-state index in [4.69, 9.17) is 5.73 Å². The van der Waals surface area contributed by atoms with E-state index < -0.39 is 0 Å². The van der Waals surface area contributed by atoms with Gasteiger partial charge in [0.2, 0.25) is 5.91 Å². The quantitative estimate of drug-likeness (QED) is 0.649. The van der Waals surface area contributed by atoms with Gasteiger partial charge in [-0.2, -0.15) is 0 Å². The number of piperidine rings is 1. The van der Waals surface area contributed by atoms with Crippen molar-refractivity contribution in [3.63, 3.8) is 0 Å². The van der Waals surface area contributed by atoms with Gasteiger partial charge in [0.15, 0.2) is 0 Å². The largest absolute Gasteiger partial charge is 0.343 e. The summed E-state index contributed by atoms with van der Waals surface area (Å²) < 4.78 is 0. The number of nitrogens with zero attached hydrogens (tertiary/aromatic N) is 1. The monoisotopic (exact) mass is 214 g/mol. The minimum atomic E-state index is 0. The zero-order chi connectivity index (χ0) is 7.56. The van der Waals surface area contributed by atoms with Crippen LogP contribution in [0.25, 0.3) is 0 Å². The molecule has 1 aliphatic rings. The Bertz CT molecular complexity index is 135. The average Bonchev–Trinajstić information content (AvgIpc) is 1.88. The van der Waals surface area contributed by atoms with Crippen LogP contribution in [0, 0.1) is 0 Å². The summed E-state index contributed by atoms with van der Waals surface area (Å²) in [4.78, 5) is 12.6. The maximum absolute atomic E-state index is 10.8. The van der Waals surface area contributed by atoms with Crippen LogP contribution >= 0.6 is 24.8 Å². The lowest BCUT2D eigenvalue weighted by molar-refractivity contribution is -0.129. The number of hydrogen-bond donors (Lipinski definition) is 1. The number of halogens is 2. The normalized spacial score (nSPS) is 17.7. The van der Waals surface area contributed by atoms with Gasteiger partial charge in [-0.25, -0.2) is 0 Å². The summed E-state index contributed by atoms with van der Waals surface area (Å²) in [5.41, 5.74) is 5.66. The predicted molar refractivity (Wildman–Crippen MR) is 54.0 cm³/mol. The maximum atomic E-state index is 10.8. The lowest BCUT2D eigenvalue weighted by Crippen LogP contribution is -2.41. The Morgan fingerprint density at radius 2 is 1.75 bits per heavy atom. The smallest absolute Gasteiger partial charge is 0.219 e. The van der Waals surface area contributed by atoms with Crippen LogP contribution in [-0.2, 0) is 4.79 Å². The van der Waals surface area contributed by atoms with Crippen molar-refractivity contribution in [2.75, 3.05) is 13.1 Å². The van der Waals surface area contributed by atoms with E-state index in [9.17, 15) is 4.79 Å². The standard InChI is InChI=1S/C7H14N2O.2ClH/c1-6(10)9-4-2-7(8)3-5-9;;/h7H,2-5,8H2,1H3;2*1H. The highest BCUT2D eigenvalue weighted by molar-refractivity contribution is 5.85. The number of nitrogens with two attached hydrogens (primary N) is 1. The zero-order valence-electron chi connectivity index (χ0n) is 7.16. The second kappa shape index (κ2) is 6.52. The molecular formula is C7H16Cl2N2O. The summed E-state index contributed by atoms with van der Waals surface area (Å²) in [6.07, 6.45) is 1.92. The minimum Gasteiger partial charge on any atom is -0.343 e. The molecule has 1 saturated heterocycles. The molecule has 12 heavy (non-hydrogen) atoms. The van der Waals surface area contributed by atoms with Crippen molar-refractivity contribution in [3.8, 4) is 0 Å². The van der Waals surface area contributed by atoms with E-state index in [0.29, 0.717) is 6.04 Å². The molecule has 0 aliphatic carbocycles. The first-order valence-electron chi connectivity index (χ1n) is 3.71. The van der Waals surface area contributed by atoms with Crippen molar-refractivity contribution < 1.29 is 4.79 Å². The molecule has 74 valence electrons. The lowest BCUT2D eigenvalue weighted by atomic mass is 10.1. The summed E-state index contributed by atoms with van der Waals surface area (Å²) in [6.45, 7) is 3.30. The maximum Gasteiger partial charge on any atom is 0.219 e. The van der Waals surface area contributed by atoms with Crippen LogP contribution in [-0.4, -0.2) is 29.9 Å². The second-order valence-corrected chi connectivity index (χ2v) is 2.84. The van der Waals surface area contributed by atoms with E-state index in [2.05, 4.69) is 0 Å². The van der Waals surface area contributed by atoms with Crippen LogP contribution in [0.4, 0.5) is 0 Å². The third-order valence-corrected chi connectivity index (χ3v) is 1.98. The van der Waals surface area contributed by atoms with Gasteiger partial charge in [0.1, 0.15) is 0 Å². The Balaban J connectivity index is 0. The Kier molecular flexibility index (Phi) is 7.89. The number of carbonyl (C=O) groups is 1. The van der Waals surface area contributed by atoms with E-state index in [-0.39, 0.29) is 30.7 Å². The first-order chi connectivity index (χ1) is 4.70. The highest BCUT2D eigenvalue weighted by Crippen LogP contribution is 2.07. The summed E-state index contributed by atoms with van der Waals surface area (Å²) in [5.74, 6) is 0.173. The molecule has 0 aromatic carbocycles. The Labute approximate surface area is 85.5 Å². The molecule has 1 fully saturated rings. The molecule has 0 bridgehead atoms. The SMILES string of the molecule is CC(=O)N1CCC(N)CC1.Cl.Cl. The molecule has 0 unspecified atom stereocenters. The molecule has 1 heterocycles. The van der Waals surface area contributed by atoms with Crippen molar-refractivity contribution in [1.82, 2.24) is 4.90 Å². The van der Waals surface area contributed by atoms with Gasteiger partial charge in [-0.1, -0.05) is 0 Å². The summed E-state index contributed by atoms with van der Waals surface area (Å²) in [6, 6.07) is 0.315. The van der Waals surface area contributed by atoms with Gasteiger partial charge >= 0.3 is 0 Å². The van der Waals surface area contributed by atoms with Crippen molar-refractivity contribution in [3.05, 3.63) is 0 Å². The van der Waals surface area contributed by atoms with Gasteiger partial charge < -0.3 is 10.6 Å². The molecule has 0 radical (unpaired) electrons. The fraction of sp³-hybridized carbons (Fsp3) is 0.857. The highest BCUT2D eigenvalue weighted by atomic mass is 35.5. The molecule has 5 heteroatoms. The highest BCUT2D eigenvalue weighted by Gasteiger charge is 2.16. The van der Waals surface area contributed by atoms with Crippen LogP contribution in [0.1, 0.15) is 19.8 Å². The van der Waals surface area contributed by atoms with Gasteiger partial charge in [0.25, 0.3) is 0 Å². The van der Waals surface area contributed by atoms with E-state index >= 15 is 0 Å². The molecule has 1 rings (SSSR count). The number of hydrogen-bond acceptors (Lipinski definition) is 2. The molecule has 0 atom stereocenters. The van der Waals surface area contributed by atoms with Crippen LogP contribution in [0.15, 0.2) is 0 Å². The summed E-state index contributed by atoms with van der Waals surface area (Å²) in [7, 11) is 0. The van der Waals surface area contributed by atoms with Gasteiger partial charge in [0, 0.05) is 26.1 Å². The molecule has 0 spiro atoms. The van der Waals surface area contributed by atoms with E-state index in [1.807, 2.05) is 4.90 Å². The molecule has 0 aromatic heterocycles. The summed E-state index contributed by atoms with van der Waals surface area (Å²) in [5, 5.41) is 0. The number of amides is 1. The molecule has 2 N–H and O–H groups in total. The van der Waals surface area contributed by atoms with Gasteiger partial charge in [0.05, 0.1) is 0 Å². The fourth-order valence-corrected chi connectivity index (χ4v) is 1.21. The predicted octanol–water partition coefficient (Wildman–Crippen LogP) is 0.800. The fourth-order valence-electron chi connectivity index (χ4n) is 1.21. The first-order valence-corrected chi connectivity index (χ1v) is 3.71. The van der Waals surface area contributed by atoms with Crippen LogP contribution in [0.5, 0.6) is 0 Å². The van der Waals surface area contributed by atoms with Crippen molar-refractivity contribution in [1.29, 1.82) is 0 Å². The topological polar surface area (TPSA) is 46.3 Å². The van der Waals surface area contributed by atoms with Crippen molar-refractivity contribution in [2.24, 2.45) is 5.73 Å². The average molecular weight is 215 g/mol. The lowest BCUT2D eigenvalue weighted by Gasteiger charge is -2.28. The molecule has 1 aliphatic heterocycles. The number of likely N-dealkylation sites (tertiary alicyclic amines) is 1. The van der Waals surface area contributed by atoms with E-state index in [1.54, 1.807) is 6.92 Å². The second-order valence-electron chi connectivity index (χ2n) is 2.84. The number of carbonyl (C=O) groups excluding carboxylic acids is 1. The van der Waals surface area contributed by atoms with Crippen LogP contribution in [0.2, 0.25) is 0 Å². The van der Waals surface area contributed by atoms with Gasteiger partial charge in [-0.05, 0) is 12.8 Å². The number of rotatable bonds is 0. The van der Waals surface area contributed by atoms with Crippen LogP contribution in [0.3, 0.4) is 0 Å². The Morgan fingerprint density at radius 3 is 2.08 bits per heavy atom. The van der Waals surface area contributed by atoms with Gasteiger partial charge in [-0.15, -0.1) is 24.8 Å². The molecule has 1 amide bonds. The summed E-state index contributed by atoms with van der Waals surface area (Å²) >= 11 is 0. The molecular weight excluding hydrogens is 199 g/mol. The first kappa shape index (κ1) is 14.5. The minimum absolute atomic E-state index is 0.